The van der Waals surface area contributed by atoms with Crippen LogP contribution in [-0.2, 0) is 15.1 Å². The van der Waals surface area contributed by atoms with Crippen LogP contribution >= 0.6 is 0 Å². The molecule has 0 radical (unpaired) electrons. The van der Waals surface area contributed by atoms with Crippen molar-refractivity contribution in [1.82, 2.24) is 9.55 Å². The molecule has 0 bridgehead atoms. The summed E-state index contributed by atoms with van der Waals surface area (Å²) in [5, 5.41) is 0. The predicted octanol–water partition coefficient (Wildman–Crippen LogP) is 4.82. The van der Waals surface area contributed by atoms with E-state index in [1.54, 1.807) is 20.3 Å². The van der Waals surface area contributed by atoms with Gasteiger partial charge in [-0.05, 0) is 47.0 Å². The second-order valence-electron chi connectivity index (χ2n) is 8.87. The summed E-state index contributed by atoms with van der Waals surface area (Å²) in [6.45, 7) is 7.79. The van der Waals surface area contributed by atoms with E-state index in [0.29, 0.717) is 11.5 Å². The van der Waals surface area contributed by atoms with Crippen molar-refractivity contribution in [2.75, 3.05) is 20.8 Å². The fourth-order valence-corrected chi connectivity index (χ4v) is 4.49. The summed E-state index contributed by atoms with van der Waals surface area (Å²) in [6.07, 6.45) is 2.90. The van der Waals surface area contributed by atoms with E-state index >= 15 is 0 Å². The number of aromatic amines is 1. The average molecular weight is 541 g/mol. The van der Waals surface area contributed by atoms with E-state index in [1.807, 2.05) is 78.9 Å². The minimum atomic E-state index is -1.05. The lowest BCUT2D eigenvalue weighted by atomic mass is 9.80. The van der Waals surface area contributed by atoms with Gasteiger partial charge in [-0.3, -0.25) is 14.3 Å². The van der Waals surface area contributed by atoms with Gasteiger partial charge in [0, 0.05) is 12.3 Å². The maximum atomic E-state index is 12.4. The van der Waals surface area contributed by atoms with Crippen molar-refractivity contribution in [1.29, 1.82) is 0 Å². The number of rotatable bonds is 13. The smallest absolute Gasteiger partial charge is 0.330 e. The summed E-state index contributed by atoms with van der Waals surface area (Å²) in [6, 6.07) is 26.5. The van der Waals surface area contributed by atoms with E-state index in [9.17, 15) is 9.59 Å². The van der Waals surface area contributed by atoms with E-state index in [4.69, 9.17) is 18.9 Å². The summed E-state index contributed by atoms with van der Waals surface area (Å²) in [5.41, 5.74) is 0.457. The number of benzene rings is 3. The van der Waals surface area contributed by atoms with Crippen LogP contribution < -0.4 is 20.7 Å². The molecular formula is C32H32N2O6. The molecule has 0 aliphatic heterocycles. The van der Waals surface area contributed by atoms with Crippen LogP contribution in [0.5, 0.6) is 11.5 Å². The molecule has 4 rings (SSSR count). The molecule has 8 nitrogen and oxygen atoms in total. The van der Waals surface area contributed by atoms with Crippen molar-refractivity contribution < 1.29 is 18.9 Å². The molecule has 0 unspecified atom stereocenters. The highest BCUT2D eigenvalue weighted by Crippen LogP contribution is 2.42. The molecule has 0 fully saturated rings. The van der Waals surface area contributed by atoms with Gasteiger partial charge < -0.3 is 18.9 Å². The lowest BCUT2D eigenvalue weighted by Crippen LogP contribution is -2.37. The third-order valence-electron chi connectivity index (χ3n) is 6.54. The van der Waals surface area contributed by atoms with Crippen LogP contribution in [0.25, 0.3) is 0 Å². The molecule has 0 spiro atoms. The maximum Gasteiger partial charge on any atom is 0.330 e. The van der Waals surface area contributed by atoms with E-state index in [1.165, 1.54) is 22.9 Å². The second kappa shape index (κ2) is 12.9. The molecule has 2 atom stereocenters. The number of nitrogens with zero attached hydrogens (tertiary/aromatic N) is 1. The zero-order valence-electron chi connectivity index (χ0n) is 22.5. The van der Waals surface area contributed by atoms with Gasteiger partial charge >= 0.3 is 5.69 Å². The number of aromatic nitrogens is 2. The van der Waals surface area contributed by atoms with E-state index < -0.39 is 29.2 Å². The van der Waals surface area contributed by atoms with Crippen molar-refractivity contribution in [3.8, 4) is 11.5 Å². The quantitative estimate of drug-likeness (QED) is 0.193. The van der Waals surface area contributed by atoms with Gasteiger partial charge in [0.1, 0.15) is 23.2 Å². The lowest BCUT2D eigenvalue weighted by Gasteiger charge is -2.37. The molecule has 206 valence electrons. The molecule has 0 aliphatic carbocycles. The average Bonchev–Trinajstić information content (AvgIpc) is 3.00. The molecule has 0 saturated carbocycles. The zero-order valence-corrected chi connectivity index (χ0v) is 22.5. The highest BCUT2D eigenvalue weighted by atomic mass is 16.6. The molecule has 8 heteroatoms. The Balaban J connectivity index is 1.77. The van der Waals surface area contributed by atoms with Crippen molar-refractivity contribution in [2.24, 2.45) is 0 Å². The van der Waals surface area contributed by atoms with E-state index in [2.05, 4.69) is 18.1 Å². The van der Waals surface area contributed by atoms with Gasteiger partial charge in [0.2, 0.25) is 0 Å². The number of hydrogen-bond acceptors (Lipinski definition) is 6. The molecule has 4 aromatic rings. The third-order valence-corrected chi connectivity index (χ3v) is 6.54. The summed E-state index contributed by atoms with van der Waals surface area (Å²) in [4.78, 5) is 26.2. The number of nitrogens with one attached hydrogen (secondary N) is 1. The van der Waals surface area contributed by atoms with Crippen molar-refractivity contribution in [2.45, 2.75) is 17.9 Å². The Kier molecular flexibility index (Phi) is 9.16. The van der Waals surface area contributed by atoms with Crippen LogP contribution in [0.4, 0.5) is 0 Å². The first-order chi connectivity index (χ1) is 19.4. The van der Waals surface area contributed by atoms with Gasteiger partial charge in [0.05, 0.1) is 20.8 Å². The van der Waals surface area contributed by atoms with E-state index in [-0.39, 0.29) is 6.61 Å². The molecule has 0 saturated heterocycles. The normalized spacial score (nSPS) is 12.8. The van der Waals surface area contributed by atoms with Crippen molar-refractivity contribution in [3.63, 3.8) is 0 Å². The third kappa shape index (κ3) is 5.98. The Bertz CT molecular complexity index is 1480. The largest absolute Gasteiger partial charge is 0.497 e. The van der Waals surface area contributed by atoms with Crippen LogP contribution in [0.1, 0.15) is 22.9 Å². The first-order valence-corrected chi connectivity index (χ1v) is 12.7. The fraction of sp³-hybridized carbons (Fsp3) is 0.188. The molecule has 3 aromatic carbocycles. The molecule has 1 aromatic heterocycles. The highest BCUT2D eigenvalue weighted by molar-refractivity contribution is 5.49. The Morgan fingerprint density at radius 3 is 1.82 bits per heavy atom. The van der Waals surface area contributed by atoms with Crippen LogP contribution in [-0.4, -0.2) is 36.5 Å². The number of H-pyrrole nitrogens is 1. The first-order valence-electron chi connectivity index (χ1n) is 12.7. The molecule has 40 heavy (non-hydrogen) atoms. The van der Waals surface area contributed by atoms with Crippen molar-refractivity contribution >= 4 is 0 Å². The Hall–Kier alpha value is -4.66. The number of ether oxygens (including phenoxy) is 4. The highest BCUT2D eigenvalue weighted by Gasteiger charge is 2.38. The molecule has 1 heterocycles. The van der Waals surface area contributed by atoms with Gasteiger partial charge in [-0.1, -0.05) is 67.3 Å². The molecular weight excluding hydrogens is 508 g/mol. The fourth-order valence-electron chi connectivity index (χ4n) is 4.49. The molecule has 1 N–H and O–H groups in total. The summed E-state index contributed by atoms with van der Waals surface area (Å²) in [5.74, 6) is 1.43. The van der Waals surface area contributed by atoms with Gasteiger partial charge in [0.25, 0.3) is 5.56 Å². The topological polar surface area (TPSA) is 91.8 Å². The van der Waals surface area contributed by atoms with Crippen LogP contribution in [0.2, 0.25) is 0 Å². The Labute approximate surface area is 232 Å². The maximum absolute atomic E-state index is 12.4. The first kappa shape index (κ1) is 28.4. The predicted molar refractivity (Wildman–Crippen MR) is 154 cm³/mol. The van der Waals surface area contributed by atoms with Gasteiger partial charge in [0.15, 0.2) is 6.23 Å². The van der Waals surface area contributed by atoms with Crippen LogP contribution in [0.3, 0.4) is 0 Å². The van der Waals surface area contributed by atoms with Gasteiger partial charge in [-0.2, -0.15) is 0 Å². The summed E-state index contributed by atoms with van der Waals surface area (Å²) in [7, 11) is 3.24. The van der Waals surface area contributed by atoms with Crippen molar-refractivity contribution in [3.05, 3.63) is 154 Å². The summed E-state index contributed by atoms with van der Waals surface area (Å²) >= 11 is 0. The van der Waals surface area contributed by atoms with Crippen LogP contribution in [0.15, 0.2) is 126 Å². The number of methoxy groups -OCH3 is 2. The summed E-state index contributed by atoms with van der Waals surface area (Å²) < 4.78 is 25.1. The Morgan fingerprint density at radius 1 is 0.800 bits per heavy atom. The van der Waals surface area contributed by atoms with Crippen LogP contribution in [0, 0.1) is 0 Å². The Morgan fingerprint density at radius 2 is 1.35 bits per heavy atom. The monoisotopic (exact) mass is 540 g/mol. The molecule has 0 amide bonds. The minimum absolute atomic E-state index is 0.0683. The zero-order chi connectivity index (χ0) is 28.5. The van der Waals surface area contributed by atoms with Gasteiger partial charge in [-0.15, -0.1) is 6.58 Å². The standard InChI is InChI=1S/C32H32N2O6/c1-5-26(40-30(6-2)34-21-20-29(35)33-31(34)36)22-39-32(23-10-8-7-9-11-23,24-12-16-27(37-3)17-13-24)25-14-18-28(38-4)19-15-25/h5-21,26,30H,1-2,22H2,3-4H3,(H,33,35,36)/t26-,30+/m0/s1. The second-order valence-corrected chi connectivity index (χ2v) is 8.87. The lowest BCUT2D eigenvalue weighted by molar-refractivity contribution is -0.0790. The molecule has 0 aliphatic rings. The van der Waals surface area contributed by atoms with E-state index in [0.717, 1.165) is 16.7 Å². The number of hydrogen-bond donors (Lipinski definition) is 1. The SMILES string of the molecule is C=C[C@@H](COC(c1ccccc1)(c1ccc(OC)cc1)c1ccc(OC)cc1)O[C@H](C=C)n1ccc(=O)[nH]c1=O. The minimum Gasteiger partial charge on any atom is -0.497 e. The van der Waals surface area contributed by atoms with Gasteiger partial charge in [-0.25, -0.2) is 4.79 Å².